The van der Waals surface area contributed by atoms with E-state index < -0.39 is 0 Å². The van der Waals surface area contributed by atoms with Crippen molar-refractivity contribution in [2.24, 2.45) is 0 Å². The Balaban J connectivity index is 1.74. The topological polar surface area (TPSA) is 33.3 Å². The standard InChI is InChI=1S/C12H15FN2OS/c13-9-3-5-10(6-4-9)15-12(17)14-8-11-2-1-7-16-11/h3-6,11H,1-2,7-8H2,(H2,14,15,17). The van der Waals surface area contributed by atoms with Crippen molar-refractivity contribution in [1.82, 2.24) is 5.32 Å². The van der Waals surface area contributed by atoms with Crippen LogP contribution in [0.25, 0.3) is 0 Å². The number of thiocarbonyl (C=S) groups is 1. The third kappa shape index (κ3) is 3.94. The Bertz CT molecular complexity index is 377. The molecule has 1 heterocycles. The first-order chi connectivity index (χ1) is 8.24. The highest BCUT2D eigenvalue weighted by atomic mass is 32.1. The van der Waals surface area contributed by atoms with Gasteiger partial charge in [-0.3, -0.25) is 0 Å². The summed E-state index contributed by atoms with van der Waals surface area (Å²) in [6, 6.07) is 6.08. The smallest absolute Gasteiger partial charge is 0.170 e. The largest absolute Gasteiger partial charge is 0.376 e. The number of nitrogens with one attached hydrogen (secondary N) is 2. The lowest BCUT2D eigenvalue weighted by atomic mass is 10.2. The molecule has 1 aliphatic heterocycles. The molecule has 1 aromatic rings. The van der Waals surface area contributed by atoms with Crippen molar-refractivity contribution >= 4 is 23.0 Å². The Morgan fingerprint density at radius 3 is 2.82 bits per heavy atom. The second-order valence-corrected chi connectivity index (χ2v) is 4.39. The Hall–Kier alpha value is -1.20. The molecule has 1 unspecified atom stereocenters. The molecular formula is C12H15FN2OS. The molecule has 0 radical (unpaired) electrons. The van der Waals surface area contributed by atoms with E-state index in [2.05, 4.69) is 10.6 Å². The molecule has 0 aromatic heterocycles. The quantitative estimate of drug-likeness (QED) is 0.811. The summed E-state index contributed by atoms with van der Waals surface area (Å²) >= 11 is 5.13. The van der Waals surface area contributed by atoms with Crippen molar-refractivity contribution in [3.63, 3.8) is 0 Å². The second-order valence-electron chi connectivity index (χ2n) is 3.98. The first kappa shape index (κ1) is 12.3. The van der Waals surface area contributed by atoms with Gasteiger partial charge in [0.25, 0.3) is 0 Å². The van der Waals surface area contributed by atoms with Crippen molar-refractivity contribution in [1.29, 1.82) is 0 Å². The zero-order chi connectivity index (χ0) is 12.1. The van der Waals surface area contributed by atoms with Crippen LogP contribution in [0.3, 0.4) is 0 Å². The molecule has 17 heavy (non-hydrogen) atoms. The van der Waals surface area contributed by atoms with E-state index in [0.29, 0.717) is 11.7 Å². The van der Waals surface area contributed by atoms with E-state index in [9.17, 15) is 4.39 Å². The molecule has 0 amide bonds. The Morgan fingerprint density at radius 2 is 2.18 bits per heavy atom. The minimum Gasteiger partial charge on any atom is -0.376 e. The van der Waals surface area contributed by atoms with Crippen LogP contribution in [0.4, 0.5) is 10.1 Å². The third-order valence-corrected chi connectivity index (χ3v) is 2.86. The van der Waals surface area contributed by atoms with Gasteiger partial charge in [-0.2, -0.15) is 0 Å². The van der Waals surface area contributed by atoms with E-state index in [1.54, 1.807) is 12.1 Å². The molecule has 1 saturated heterocycles. The molecule has 3 nitrogen and oxygen atoms in total. The summed E-state index contributed by atoms with van der Waals surface area (Å²) in [5, 5.41) is 6.61. The summed E-state index contributed by atoms with van der Waals surface area (Å²) in [4.78, 5) is 0. The molecule has 2 N–H and O–H groups in total. The van der Waals surface area contributed by atoms with Gasteiger partial charge in [-0.05, 0) is 49.3 Å². The van der Waals surface area contributed by atoms with E-state index >= 15 is 0 Å². The van der Waals surface area contributed by atoms with Gasteiger partial charge < -0.3 is 15.4 Å². The number of hydrogen-bond donors (Lipinski definition) is 2. The predicted molar refractivity (Wildman–Crippen MR) is 69.6 cm³/mol. The van der Waals surface area contributed by atoms with Crippen molar-refractivity contribution < 1.29 is 9.13 Å². The second kappa shape index (κ2) is 5.93. The highest BCUT2D eigenvalue weighted by Gasteiger charge is 2.15. The minimum atomic E-state index is -0.256. The van der Waals surface area contributed by atoms with Crippen molar-refractivity contribution in [2.75, 3.05) is 18.5 Å². The lowest BCUT2D eigenvalue weighted by Gasteiger charge is -2.13. The maximum absolute atomic E-state index is 12.7. The summed E-state index contributed by atoms with van der Waals surface area (Å²) in [5.41, 5.74) is 0.774. The van der Waals surface area contributed by atoms with Crippen molar-refractivity contribution in [3.05, 3.63) is 30.1 Å². The van der Waals surface area contributed by atoms with Crippen LogP contribution >= 0.6 is 12.2 Å². The Morgan fingerprint density at radius 1 is 1.41 bits per heavy atom. The van der Waals surface area contributed by atoms with E-state index in [0.717, 1.165) is 25.1 Å². The molecule has 2 rings (SSSR count). The lowest BCUT2D eigenvalue weighted by molar-refractivity contribution is 0.114. The van der Waals surface area contributed by atoms with Crippen LogP contribution in [0, 0.1) is 5.82 Å². The summed E-state index contributed by atoms with van der Waals surface area (Å²) in [6.45, 7) is 1.55. The first-order valence-corrected chi connectivity index (χ1v) is 6.07. The van der Waals surface area contributed by atoms with Crippen molar-refractivity contribution in [2.45, 2.75) is 18.9 Å². The fourth-order valence-electron chi connectivity index (χ4n) is 1.72. The normalized spacial score (nSPS) is 19.0. The van der Waals surface area contributed by atoms with Gasteiger partial charge in [-0.1, -0.05) is 0 Å². The molecule has 5 heteroatoms. The molecule has 0 bridgehead atoms. The zero-order valence-electron chi connectivity index (χ0n) is 9.41. The molecular weight excluding hydrogens is 239 g/mol. The van der Waals surface area contributed by atoms with Gasteiger partial charge in [-0.25, -0.2) is 4.39 Å². The van der Waals surface area contributed by atoms with Crippen LogP contribution in [0.2, 0.25) is 0 Å². The lowest BCUT2D eigenvalue weighted by Crippen LogP contribution is -2.34. The molecule has 1 atom stereocenters. The van der Waals surface area contributed by atoms with E-state index in [4.69, 9.17) is 17.0 Å². The van der Waals surface area contributed by atoms with Crippen molar-refractivity contribution in [3.8, 4) is 0 Å². The first-order valence-electron chi connectivity index (χ1n) is 5.66. The molecule has 0 saturated carbocycles. The van der Waals surface area contributed by atoms with Gasteiger partial charge >= 0.3 is 0 Å². The number of rotatable bonds is 3. The summed E-state index contributed by atoms with van der Waals surface area (Å²) < 4.78 is 18.2. The maximum atomic E-state index is 12.7. The van der Waals surface area contributed by atoms with Gasteiger partial charge in [0.05, 0.1) is 6.10 Å². The highest BCUT2D eigenvalue weighted by Crippen LogP contribution is 2.11. The highest BCUT2D eigenvalue weighted by molar-refractivity contribution is 7.80. The molecule has 1 aliphatic rings. The van der Waals surface area contributed by atoms with Gasteiger partial charge in [0.1, 0.15) is 5.82 Å². The van der Waals surface area contributed by atoms with Gasteiger partial charge in [0.2, 0.25) is 0 Å². The Labute approximate surface area is 105 Å². The minimum absolute atomic E-state index is 0.253. The van der Waals surface area contributed by atoms with Crippen LogP contribution in [-0.2, 0) is 4.74 Å². The van der Waals surface area contributed by atoms with E-state index in [1.165, 1.54) is 12.1 Å². The molecule has 0 aliphatic carbocycles. The van der Waals surface area contributed by atoms with Crippen LogP contribution in [0.15, 0.2) is 24.3 Å². The van der Waals surface area contributed by atoms with Crippen LogP contribution < -0.4 is 10.6 Å². The number of benzene rings is 1. The van der Waals surface area contributed by atoms with E-state index in [-0.39, 0.29) is 11.9 Å². The van der Waals surface area contributed by atoms with Crippen LogP contribution in [0.5, 0.6) is 0 Å². The zero-order valence-corrected chi connectivity index (χ0v) is 10.2. The number of halogens is 1. The molecule has 0 spiro atoms. The summed E-state index contributed by atoms with van der Waals surface area (Å²) in [6.07, 6.45) is 2.44. The SMILES string of the molecule is Fc1ccc(NC(=S)NCC2CCCO2)cc1. The average molecular weight is 254 g/mol. The predicted octanol–water partition coefficient (Wildman–Crippen LogP) is 2.29. The number of anilines is 1. The van der Waals surface area contributed by atoms with Crippen LogP contribution in [0.1, 0.15) is 12.8 Å². The fourth-order valence-corrected chi connectivity index (χ4v) is 1.92. The number of hydrogen-bond acceptors (Lipinski definition) is 2. The molecule has 1 aromatic carbocycles. The van der Waals surface area contributed by atoms with E-state index in [1.807, 2.05) is 0 Å². The van der Waals surface area contributed by atoms with Gasteiger partial charge in [0.15, 0.2) is 5.11 Å². The molecule has 92 valence electrons. The van der Waals surface area contributed by atoms with Gasteiger partial charge in [-0.15, -0.1) is 0 Å². The summed E-state index contributed by atoms with van der Waals surface area (Å²) in [7, 11) is 0. The van der Waals surface area contributed by atoms with Crippen LogP contribution in [-0.4, -0.2) is 24.4 Å². The fraction of sp³-hybridized carbons (Fsp3) is 0.417. The molecule has 1 fully saturated rings. The Kier molecular flexibility index (Phi) is 4.28. The maximum Gasteiger partial charge on any atom is 0.170 e. The van der Waals surface area contributed by atoms with Gasteiger partial charge in [0, 0.05) is 18.8 Å². The summed E-state index contributed by atoms with van der Waals surface area (Å²) in [5.74, 6) is -0.256. The third-order valence-electron chi connectivity index (χ3n) is 2.62. The monoisotopic (exact) mass is 254 g/mol. The number of ether oxygens (including phenoxy) is 1. The average Bonchev–Trinajstić information content (AvgIpc) is 2.83.